The van der Waals surface area contributed by atoms with Gasteiger partial charge in [0, 0.05) is 12.1 Å². The number of hydrogen-bond acceptors (Lipinski definition) is 3. The predicted octanol–water partition coefficient (Wildman–Crippen LogP) is 5.42. The molecule has 0 spiro atoms. The van der Waals surface area contributed by atoms with Crippen molar-refractivity contribution in [3.8, 4) is 11.1 Å². The molecule has 1 unspecified atom stereocenters. The van der Waals surface area contributed by atoms with E-state index < -0.39 is 29.6 Å². The average molecular weight is 487 g/mol. The van der Waals surface area contributed by atoms with Crippen molar-refractivity contribution in [2.75, 3.05) is 11.4 Å². The van der Waals surface area contributed by atoms with Crippen LogP contribution in [0.1, 0.15) is 25.3 Å². The standard InChI is InChI=1S/C25H25ClF2N4O2/c1-4-21(26)29-14-16(3)30-25(34)31-19-10-7-13-32(24(19)33)20-12-11-18(22(27)23(20)28)17-9-6-5-8-15(17)2/h4-6,8-9,11-12,14,19H,3,7,10,13H2,1-2H3,(H2,30,31,34)/b21-4-,29-14-. The minimum atomic E-state index is -1.11. The van der Waals surface area contributed by atoms with Gasteiger partial charge in [0.25, 0.3) is 0 Å². The quantitative estimate of drug-likeness (QED) is 0.422. The molecule has 2 aromatic carbocycles. The van der Waals surface area contributed by atoms with Crippen LogP contribution in [0.5, 0.6) is 0 Å². The Kier molecular flexibility index (Phi) is 8.17. The fourth-order valence-electron chi connectivity index (χ4n) is 3.67. The van der Waals surface area contributed by atoms with Gasteiger partial charge in [0.15, 0.2) is 11.6 Å². The lowest BCUT2D eigenvalue weighted by molar-refractivity contribution is -0.121. The number of amides is 3. The van der Waals surface area contributed by atoms with Crippen LogP contribution in [0.4, 0.5) is 19.3 Å². The molecular weight excluding hydrogens is 462 g/mol. The number of nitrogens with one attached hydrogen (secondary N) is 2. The van der Waals surface area contributed by atoms with Crippen molar-refractivity contribution < 1.29 is 18.4 Å². The number of nitrogens with zero attached hydrogens (tertiary/aromatic N) is 2. The zero-order valence-corrected chi connectivity index (χ0v) is 19.6. The summed E-state index contributed by atoms with van der Waals surface area (Å²) < 4.78 is 30.1. The van der Waals surface area contributed by atoms with Gasteiger partial charge in [-0.25, -0.2) is 18.6 Å². The fraction of sp³-hybridized carbons (Fsp3) is 0.240. The molecule has 3 amide bonds. The van der Waals surface area contributed by atoms with Gasteiger partial charge in [-0.3, -0.25) is 4.79 Å². The van der Waals surface area contributed by atoms with Crippen LogP contribution >= 0.6 is 11.6 Å². The summed E-state index contributed by atoms with van der Waals surface area (Å²) in [4.78, 5) is 30.3. The molecule has 1 saturated heterocycles. The van der Waals surface area contributed by atoms with Crippen LogP contribution in [0.25, 0.3) is 11.1 Å². The van der Waals surface area contributed by atoms with Crippen LogP contribution in [0.2, 0.25) is 0 Å². The average Bonchev–Trinajstić information content (AvgIpc) is 2.81. The molecule has 3 rings (SSSR count). The molecule has 1 atom stereocenters. The van der Waals surface area contributed by atoms with Gasteiger partial charge in [-0.15, -0.1) is 0 Å². The van der Waals surface area contributed by atoms with Gasteiger partial charge < -0.3 is 15.5 Å². The monoisotopic (exact) mass is 486 g/mol. The zero-order chi connectivity index (χ0) is 24.8. The van der Waals surface area contributed by atoms with Crippen molar-refractivity contribution in [1.29, 1.82) is 0 Å². The largest absolute Gasteiger partial charge is 0.326 e. The summed E-state index contributed by atoms with van der Waals surface area (Å²) in [6, 6.07) is 8.37. The number of aliphatic imine (C=N–C) groups is 1. The maximum atomic E-state index is 15.1. The van der Waals surface area contributed by atoms with Gasteiger partial charge in [0.2, 0.25) is 5.91 Å². The first-order valence-corrected chi connectivity index (χ1v) is 11.1. The molecule has 2 aromatic rings. The molecule has 9 heteroatoms. The number of anilines is 1. The Hall–Kier alpha value is -3.52. The minimum absolute atomic E-state index is 0.121. The summed E-state index contributed by atoms with van der Waals surface area (Å²) in [7, 11) is 0. The van der Waals surface area contributed by atoms with Gasteiger partial charge in [-0.1, -0.05) is 48.5 Å². The Balaban J connectivity index is 1.74. The number of hydrogen-bond donors (Lipinski definition) is 2. The number of allylic oxidation sites excluding steroid dienone is 2. The molecule has 1 aliphatic heterocycles. The second kappa shape index (κ2) is 11.1. The summed E-state index contributed by atoms with van der Waals surface area (Å²) in [6.07, 6.45) is 3.69. The Morgan fingerprint density at radius 2 is 1.94 bits per heavy atom. The Morgan fingerprint density at radius 1 is 1.21 bits per heavy atom. The van der Waals surface area contributed by atoms with Crippen LogP contribution < -0.4 is 15.5 Å². The Morgan fingerprint density at radius 3 is 2.65 bits per heavy atom. The van der Waals surface area contributed by atoms with E-state index in [2.05, 4.69) is 22.2 Å². The molecule has 1 fully saturated rings. The van der Waals surface area contributed by atoms with Crippen molar-refractivity contribution >= 4 is 35.4 Å². The molecule has 1 aliphatic rings. The van der Waals surface area contributed by atoms with E-state index in [4.69, 9.17) is 11.6 Å². The van der Waals surface area contributed by atoms with E-state index >= 15 is 4.39 Å². The number of aryl methyl sites for hydroxylation is 1. The van der Waals surface area contributed by atoms with Gasteiger partial charge in [0.05, 0.1) is 17.6 Å². The summed E-state index contributed by atoms with van der Waals surface area (Å²) in [6.45, 7) is 7.36. The third kappa shape index (κ3) is 5.69. The predicted molar refractivity (Wildman–Crippen MR) is 131 cm³/mol. The highest BCUT2D eigenvalue weighted by molar-refractivity contribution is 6.29. The van der Waals surface area contributed by atoms with Gasteiger partial charge in [-0.05, 0) is 49.9 Å². The molecular formula is C25H25ClF2N4O2. The molecule has 0 aromatic heterocycles. The molecule has 2 N–H and O–H groups in total. The topological polar surface area (TPSA) is 73.8 Å². The molecule has 34 heavy (non-hydrogen) atoms. The number of halogens is 3. The van der Waals surface area contributed by atoms with Crippen LogP contribution in [0.3, 0.4) is 0 Å². The first kappa shape index (κ1) is 25.1. The van der Waals surface area contributed by atoms with E-state index in [1.807, 2.05) is 19.1 Å². The van der Waals surface area contributed by atoms with Crippen LogP contribution in [0, 0.1) is 18.6 Å². The normalized spacial score (nSPS) is 16.6. The lowest BCUT2D eigenvalue weighted by Gasteiger charge is -2.33. The van der Waals surface area contributed by atoms with Crippen LogP contribution in [-0.2, 0) is 4.79 Å². The van der Waals surface area contributed by atoms with Crippen molar-refractivity contribution in [2.24, 2.45) is 4.99 Å². The molecule has 1 heterocycles. The summed E-state index contributed by atoms with van der Waals surface area (Å²) >= 11 is 5.76. The van der Waals surface area contributed by atoms with E-state index in [9.17, 15) is 14.0 Å². The number of carbonyl (C=O) groups is 2. The molecule has 178 valence electrons. The van der Waals surface area contributed by atoms with E-state index in [1.165, 1.54) is 18.3 Å². The smallest absolute Gasteiger partial charge is 0.319 e. The molecule has 0 radical (unpaired) electrons. The molecule has 0 bridgehead atoms. The first-order valence-electron chi connectivity index (χ1n) is 10.7. The first-order chi connectivity index (χ1) is 16.2. The SMILES string of the molecule is C=C(/C=N\C(Cl)=C/C)NC(=O)NC1CCCN(c2ccc(-c3ccccc3C)c(F)c2F)C1=O. The summed E-state index contributed by atoms with van der Waals surface area (Å²) in [5.41, 5.74) is 1.50. The Labute approximate surface area is 202 Å². The number of carbonyl (C=O) groups excluding carboxylic acids is 2. The zero-order valence-electron chi connectivity index (χ0n) is 18.9. The highest BCUT2D eigenvalue weighted by Crippen LogP contribution is 2.33. The van der Waals surface area contributed by atoms with Crippen molar-refractivity contribution in [2.45, 2.75) is 32.7 Å². The van der Waals surface area contributed by atoms with E-state index in [0.717, 1.165) is 10.5 Å². The number of rotatable bonds is 6. The van der Waals surface area contributed by atoms with Crippen LogP contribution in [0.15, 0.2) is 64.9 Å². The minimum Gasteiger partial charge on any atom is -0.326 e. The highest BCUT2D eigenvalue weighted by Gasteiger charge is 2.33. The third-order valence-electron chi connectivity index (χ3n) is 5.39. The second-order valence-corrected chi connectivity index (χ2v) is 8.14. The lowest BCUT2D eigenvalue weighted by Crippen LogP contribution is -2.54. The van der Waals surface area contributed by atoms with Crippen molar-refractivity contribution in [3.05, 3.63) is 77.1 Å². The molecule has 0 aliphatic carbocycles. The Bertz CT molecular complexity index is 1180. The van der Waals surface area contributed by atoms with E-state index in [1.54, 1.807) is 25.1 Å². The highest BCUT2D eigenvalue weighted by atomic mass is 35.5. The maximum Gasteiger partial charge on any atom is 0.319 e. The second-order valence-electron chi connectivity index (χ2n) is 7.75. The molecule has 0 saturated carbocycles. The number of piperidine rings is 1. The number of urea groups is 1. The fourth-order valence-corrected chi connectivity index (χ4v) is 3.71. The third-order valence-corrected chi connectivity index (χ3v) is 5.70. The summed E-state index contributed by atoms with van der Waals surface area (Å²) in [5.74, 6) is -2.66. The van der Waals surface area contributed by atoms with Gasteiger partial charge in [0.1, 0.15) is 11.2 Å². The van der Waals surface area contributed by atoms with E-state index in [0.29, 0.717) is 18.4 Å². The van der Waals surface area contributed by atoms with E-state index in [-0.39, 0.29) is 28.6 Å². The number of benzene rings is 2. The van der Waals surface area contributed by atoms with Crippen molar-refractivity contribution in [3.63, 3.8) is 0 Å². The molecule has 6 nitrogen and oxygen atoms in total. The van der Waals surface area contributed by atoms with Gasteiger partial charge in [-0.2, -0.15) is 0 Å². The maximum absolute atomic E-state index is 15.1. The lowest BCUT2D eigenvalue weighted by atomic mass is 9.98. The van der Waals surface area contributed by atoms with Crippen molar-refractivity contribution in [1.82, 2.24) is 10.6 Å². The summed E-state index contributed by atoms with van der Waals surface area (Å²) in [5, 5.41) is 5.23. The van der Waals surface area contributed by atoms with Crippen LogP contribution in [-0.4, -0.2) is 30.7 Å². The van der Waals surface area contributed by atoms with Gasteiger partial charge >= 0.3 is 6.03 Å².